The van der Waals surface area contributed by atoms with Crippen LogP contribution in [0.25, 0.3) is 16.9 Å². The second kappa shape index (κ2) is 14.5. The predicted octanol–water partition coefficient (Wildman–Crippen LogP) is 5.48. The second-order valence-electron chi connectivity index (χ2n) is 9.42. The summed E-state index contributed by atoms with van der Waals surface area (Å²) in [4.78, 5) is 25.4. The van der Waals surface area contributed by atoms with Crippen LogP contribution < -0.4 is 5.32 Å². The van der Waals surface area contributed by atoms with Gasteiger partial charge in [0.1, 0.15) is 11.7 Å². The highest BCUT2D eigenvalue weighted by Gasteiger charge is 2.38. The zero-order chi connectivity index (χ0) is 31.0. The first kappa shape index (κ1) is 32.0. The lowest BCUT2D eigenvalue weighted by molar-refractivity contribution is -0.192. The number of morpholine rings is 1. The monoisotopic (exact) mass is 635 g/mol. The topological polar surface area (TPSA) is 129 Å². The molecule has 0 amide bonds. The first-order chi connectivity index (χ1) is 20.5. The number of hydrogen-bond acceptors (Lipinski definition) is 8. The molecule has 0 saturated carbocycles. The summed E-state index contributed by atoms with van der Waals surface area (Å²) in [5.41, 5.74) is 4.81. The van der Waals surface area contributed by atoms with E-state index in [-0.39, 0.29) is 0 Å². The Morgan fingerprint density at radius 1 is 1.12 bits per heavy atom. The minimum atomic E-state index is -5.08. The normalized spacial score (nSPS) is 13.7. The number of hydrogen-bond donors (Lipinski definition) is 2. The van der Waals surface area contributed by atoms with Gasteiger partial charge in [-0.2, -0.15) is 18.4 Å². The first-order valence-corrected chi connectivity index (χ1v) is 13.8. The minimum Gasteiger partial charge on any atom is -0.475 e. The molecule has 1 aromatic carbocycles. The third kappa shape index (κ3) is 9.01. The average Bonchev–Trinajstić information content (AvgIpc) is 3.38. The van der Waals surface area contributed by atoms with Crippen molar-refractivity contribution >= 4 is 40.8 Å². The highest BCUT2D eigenvalue weighted by molar-refractivity contribution is 6.36. The molecule has 1 fully saturated rings. The molecular formula is C28H26Cl2F3N7O3. The molecular weight excluding hydrogens is 610 g/mol. The van der Waals surface area contributed by atoms with Crippen molar-refractivity contribution in [1.82, 2.24) is 24.3 Å². The Morgan fingerprint density at radius 3 is 2.49 bits per heavy atom. The van der Waals surface area contributed by atoms with E-state index < -0.39 is 12.1 Å². The fraction of sp³-hybridized carbons (Fsp3) is 0.321. The molecule has 0 spiro atoms. The van der Waals surface area contributed by atoms with Gasteiger partial charge in [-0.15, -0.1) is 0 Å². The summed E-state index contributed by atoms with van der Waals surface area (Å²) >= 11 is 12.6. The van der Waals surface area contributed by atoms with Gasteiger partial charge in [-0.3, -0.25) is 14.3 Å². The Labute approximate surface area is 254 Å². The molecule has 0 atom stereocenters. The largest absolute Gasteiger partial charge is 0.490 e. The maximum absolute atomic E-state index is 10.6. The molecule has 3 aromatic heterocycles. The Morgan fingerprint density at radius 2 is 1.86 bits per heavy atom. The Hall–Kier alpha value is -3.96. The van der Waals surface area contributed by atoms with Crippen LogP contribution in [0.15, 0.2) is 48.8 Å². The summed E-state index contributed by atoms with van der Waals surface area (Å²) in [5, 5.41) is 20.7. The van der Waals surface area contributed by atoms with Crippen LogP contribution in [0.4, 0.5) is 19.1 Å². The fourth-order valence-electron chi connectivity index (χ4n) is 4.17. The van der Waals surface area contributed by atoms with E-state index in [1.165, 1.54) is 0 Å². The van der Waals surface area contributed by atoms with E-state index in [1.807, 2.05) is 34.9 Å². The van der Waals surface area contributed by atoms with Gasteiger partial charge < -0.3 is 15.2 Å². The second-order valence-corrected chi connectivity index (χ2v) is 10.3. The Kier molecular flexibility index (Phi) is 10.8. The highest BCUT2D eigenvalue weighted by atomic mass is 35.5. The molecule has 0 aliphatic carbocycles. The summed E-state index contributed by atoms with van der Waals surface area (Å²) in [5.74, 6) is -2.06. The molecule has 0 radical (unpaired) electrons. The maximum atomic E-state index is 10.6. The van der Waals surface area contributed by atoms with Crippen molar-refractivity contribution < 1.29 is 27.8 Å². The van der Waals surface area contributed by atoms with E-state index in [4.69, 9.17) is 53.1 Å². The van der Waals surface area contributed by atoms with Gasteiger partial charge in [0.25, 0.3) is 0 Å². The molecule has 5 rings (SSSR count). The van der Waals surface area contributed by atoms with E-state index in [1.54, 1.807) is 18.3 Å². The number of pyridine rings is 1. The zero-order valence-electron chi connectivity index (χ0n) is 22.6. The number of nitrogens with one attached hydrogen (secondary N) is 1. The van der Waals surface area contributed by atoms with E-state index in [0.29, 0.717) is 28.1 Å². The number of fused-ring (bicyclic) bond motifs is 1. The summed E-state index contributed by atoms with van der Waals surface area (Å²) in [6, 6.07) is 13.1. The van der Waals surface area contributed by atoms with Crippen molar-refractivity contribution in [3.8, 4) is 17.3 Å². The van der Waals surface area contributed by atoms with Gasteiger partial charge in [0, 0.05) is 60.9 Å². The fourth-order valence-corrected chi connectivity index (χ4v) is 4.68. The van der Waals surface area contributed by atoms with Crippen molar-refractivity contribution in [2.45, 2.75) is 25.6 Å². The highest BCUT2D eigenvalue weighted by Crippen LogP contribution is 2.31. The lowest BCUT2D eigenvalue weighted by Gasteiger charge is -2.25. The maximum Gasteiger partial charge on any atom is 0.490 e. The molecule has 2 N–H and O–H groups in total. The SMILES string of the molecule is N#Cc1ccc(CCCNc2nc(-c3ccc(Cl)cc3Cl)cc3nc(CN4CCOCC4)cn23)nc1.O=C(O)C(F)(F)F. The molecule has 0 unspecified atom stereocenters. The van der Waals surface area contributed by atoms with Crippen LogP contribution in [-0.4, -0.2) is 74.4 Å². The minimum absolute atomic E-state index is 0.539. The van der Waals surface area contributed by atoms with Crippen LogP contribution in [0.3, 0.4) is 0 Å². The number of carboxylic acids is 1. The van der Waals surface area contributed by atoms with E-state index in [0.717, 1.165) is 74.0 Å². The quantitative estimate of drug-likeness (QED) is 0.242. The number of rotatable bonds is 8. The van der Waals surface area contributed by atoms with Crippen LogP contribution in [0, 0.1) is 11.3 Å². The number of aliphatic carboxylic acids is 1. The predicted molar refractivity (Wildman–Crippen MR) is 154 cm³/mol. The van der Waals surface area contributed by atoms with Gasteiger partial charge >= 0.3 is 12.1 Å². The van der Waals surface area contributed by atoms with Gasteiger partial charge in [-0.05, 0) is 43.2 Å². The van der Waals surface area contributed by atoms with Gasteiger partial charge in [-0.1, -0.05) is 23.2 Å². The van der Waals surface area contributed by atoms with Crippen molar-refractivity contribution in [2.24, 2.45) is 0 Å². The third-order valence-electron chi connectivity index (χ3n) is 6.29. The van der Waals surface area contributed by atoms with E-state index in [2.05, 4.69) is 21.3 Å². The number of alkyl halides is 3. The Bertz CT molecular complexity index is 1600. The van der Waals surface area contributed by atoms with Crippen molar-refractivity contribution in [3.63, 3.8) is 0 Å². The van der Waals surface area contributed by atoms with Gasteiger partial charge in [0.05, 0.1) is 35.2 Å². The first-order valence-electron chi connectivity index (χ1n) is 13.1. The molecule has 43 heavy (non-hydrogen) atoms. The number of benzene rings is 1. The smallest absolute Gasteiger partial charge is 0.475 e. The standard InChI is InChI=1S/C26H25Cl2N7O.C2HF3O2/c27-19-4-6-22(23(28)12-19)24-13-25-32-21(16-34-8-10-36-11-9-34)17-35(25)26(33-24)30-7-1-2-20-5-3-18(14-29)15-31-20;3-2(4,5)1(6)7/h3-6,12-13,15,17H,1-2,7-11,16H2,(H,30,33);(H,6,7). The molecule has 4 heterocycles. The van der Waals surface area contributed by atoms with Gasteiger partial charge in [-0.25, -0.2) is 14.8 Å². The number of ether oxygens (including phenoxy) is 1. The van der Waals surface area contributed by atoms with Crippen LogP contribution in [-0.2, 0) is 22.5 Å². The number of imidazole rings is 1. The average molecular weight is 636 g/mol. The number of carboxylic acid groups (broad SMARTS) is 1. The number of anilines is 1. The van der Waals surface area contributed by atoms with Gasteiger partial charge in [0.2, 0.25) is 5.95 Å². The molecule has 1 aliphatic heterocycles. The molecule has 1 saturated heterocycles. The van der Waals surface area contributed by atoms with E-state index >= 15 is 0 Å². The van der Waals surface area contributed by atoms with Crippen LogP contribution >= 0.6 is 23.2 Å². The van der Waals surface area contributed by atoms with Crippen molar-refractivity contribution in [3.05, 3.63) is 75.8 Å². The lowest BCUT2D eigenvalue weighted by Crippen LogP contribution is -2.35. The summed E-state index contributed by atoms with van der Waals surface area (Å²) < 4.78 is 39.2. The van der Waals surface area contributed by atoms with Crippen molar-refractivity contribution in [1.29, 1.82) is 5.26 Å². The molecule has 10 nitrogen and oxygen atoms in total. The molecule has 1 aliphatic rings. The number of aromatic nitrogens is 4. The number of aryl methyl sites for hydroxylation is 1. The van der Waals surface area contributed by atoms with Crippen LogP contribution in [0.1, 0.15) is 23.4 Å². The van der Waals surface area contributed by atoms with Gasteiger partial charge in [0.15, 0.2) is 0 Å². The van der Waals surface area contributed by atoms with E-state index in [9.17, 15) is 13.2 Å². The summed E-state index contributed by atoms with van der Waals surface area (Å²) in [6.45, 7) is 4.73. The van der Waals surface area contributed by atoms with Crippen LogP contribution in [0.2, 0.25) is 10.0 Å². The Balaban J connectivity index is 0.000000541. The number of carbonyl (C=O) groups is 1. The molecule has 4 aromatic rings. The van der Waals surface area contributed by atoms with Crippen LogP contribution in [0.5, 0.6) is 0 Å². The molecule has 0 bridgehead atoms. The third-order valence-corrected chi connectivity index (χ3v) is 6.84. The zero-order valence-corrected chi connectivity index (χ0v) is 24.1. The summed E-state index contributed by atoms with van der Waals surface area (Å²) in [6.07, 6.45) is 0.199. The molecule has 15 heteroatoms. The number of nitriles is 1. The van der Waals surface area contributed by atoms with Crippen molar-refractivity contribution in [2.75, 3.05) is 38.2 Å². The summed E-state index contributed by atoms with van der Waals surface area (Å²) in [7, 11) is 0. The molecule has 226 valence electrons. The number of nitrogens with zero attached hydrogens (tertiary/aromatic N) is 6. The number of halogens is 5. The lowest BCUT2D eigenvalue weighted by atomic mass is 10.1.